The van der Waals surface area contributed by atoms with Crippen LogP contribution in [0, 0.1) is 5.92 Å². The van der Waals surface area contributed by atoms with Crippen molar-refractivity contribution < 1.29 is 14.3 Å². The normalized spacial score (nSPS) is 12.7. The van der Waals surface area contributed by atoms with Crippen molar-refractivity contribution in [3.8, 4) is 0 Å². The molecule has 0 radical (unpaired) electrons. The standard InChI is InChI=1S/C21H34N2O3/c1-7-26-14-8-13-22-20(25)18(15(2)3)23-19(24)16-9-11-17(12-10-16)21(4,5)6/h9-12,15,18H,7-8,13-14H2,1-6H3,(H,22,25)(H,23,24)/t18-/m1/s1. The Morgan fingerprint density at radius 1 is 1.12 bits per heavy atom. The number of benzene rings is 1. The zero-order valence-electron chi connectivity index (χ0n) is 17.0. The molecule has 0 spiro atoms. The minimum absolute atomic E-state index is 0.000287. The highest BCUT2D eigenvalue weighted by molar-refractivity contribution is 5.97. The topological polar surface area (TPSA) is 67.4 Å². The highest BCUT2D eigenvalue weighted by Crippen LogP contribution is 2.22. The summed E-state index contributed by atoms with van der Waals surface area (Å²) in [6.07, 6.45) is 0.757. The van der Waals surface area contributed by atoms with Gasteiger partial charge in [0.2, 0.25) is 5.91 Å². The number of carbonyl (C=O) groups is 2. The minimum atomic E-state index is -0.558. The molecule has 0 aliphatic rings. The zero-order chi connectivity index (χ0) is 19.7. The Balaban J connectivity index is 2.65. The van der Waals surface area contributed by atoms with E-state index in [1.165, 1.54) is 5.56 Å². The summed E-state index contributed by atoms with van der Waals surface area (Å²) in [6.45, 7) is 14.0. The van der Waals surface area contributed by atoms with E-state index in [0.29, 0.717) is 25.3 Å². The van der Waals surface area contributed by atoms with Crippen molar-refractivity contribution in [3.63, 3.8) is 0 Å². The molecule has 146 valence electrons. The van der Waals surface area contributed by atoms with Crippen LogP contribution in [0.3, 0.4) is 0 Å². The van der Waals surface area contributed by atoms with Crippen LogP contribution in [-0.4, -0.2) is 37.6 Å². The van der Waals surface area contributed by atoms with Gasteiger partial charge in [0.1, 0.15) is 6.04 Å². The number of hydrogen-bond acceptors (Lipinski definition) is 3. The van der Waals surface area contributed by atoms with Gasteiger partial charge in [0.15, 0.2) is 0 Å². The lowest BCUT2D eigenvalue weighted by Crippen LogP contribution is -2.50. The maximum atomic E-state index is 12.5. The van der Waals surface area contributed by atoms with Crippen LogP contribution >= 0.6 is 0 Å². The van der Waals surface area contributed by atoms with Crippen LogP contribution in [0.2, 0.25) is 0 Å². The summed E-state index contributed by atoms with van der Waals surface area (Å²) in [4.78, 5) is 24.9. The van der Waals surface area contributed by atoms with Gasteiger partial charge in [-0.3, -0.25) is 9.59 Å². The molecule has 0 saturated heterocycles. The van der Waals surface area contributed by atoms with Crippen LogP contribution in [-0.2, 0) is 14.9 Å². The number of ether oxygens (including phenoxy) is 1. The van der Waals surface area contributed by atoms with Crippen molar-refractivity contribution in [3.05, 3.63) is 35.4 Å². The Morgan fingerprint density at radius 2 is 1.73 bits per heavy atom. The molecule has 0 aliphatic heterocycles. The lowest BCUT2D eigenvalue weighted by molar-refractivity contribution is -0.124. The predicted molar refractivity (Wildman–Crippen MR) is 105 cm³/mol. The van der Waals surface area contributed by atoms with Crippen molar-refractivity contribution in [2.75, 3.05) is 19.8 Å². The second kappa shape index (κ2) is 10.3. The van der Waals surface area contributed by atoms with Crippen molar-refractivity contribution in [1.29, 1.82) is 0 Å². The van der Waals surface area contributed by atoms with Gasteiger partial charge in [-0.1, -0.05) is 46.8 Å². The summed E-state index contributed by atoms with van der Waals surface area (Å²) >= 11 is 0. The fourth-order valence-electron chi connectivity index (χ4n) is 2.52. The van der Waals surface area contributed by atoms with Gasteiger partial charge in [0, 0.05) is 25.3 Å². The van der Waals surface area contributed by atoms with Gasteiger partial charge in [-0.25, -0.2) is 0 Å². The zero-order valence-corrected chi connectivity index (χ0v) is 17.0. The largest absolute Gasteiger partial charge is 0.382 e. The first-order chi connectivity index (χ1) is 12.2. The quantitative estimate of drug-likeness (QED) is 0.663. The average Bonchev–Trinajstić information content (AvgIpc) is 2.58. The molecule has 0 aliphatic carbocycles. The van der Waals surface area contributed by atoms with E-state index in [1.807, 2.05) is 45.0 Å². The summed E-state index contributed by atoms with van der Waals surface area (Å²) in [5.41, 5.74) is 1.77. The van der Waals surface area contributed by atoms with Crippen LogP contribution in [0.25, 0.3) is 0 Å². The molecule has 2 amide bonds. The SMILES string of the molecule is CCOCCCNC(=O)[C@H](NC(=O)c1ccc(C(C)(C)C)cc1)C(C)C. The number of carbonyl (C=O) groups excluding carboxylic acids is 2. The molecule has 0 aromatic heterocycles. The van der Waals surface area contributed by atoms with Gasteiger partial charge in [-0.15, -0.1) is 0 Å². The molecule has 1 aromatic rings. The van der Waals surface area contributed by atoms with E-state index < -0.39 is 6.04 Å². The molecule has 0 unspecified atom stereocenters. The maximum Gasteiger partial charge on any atom is 0.251 e. The molecule has 5 nitrogen and oxygen atoms in total. The summed E-state index contributed by atoms with van der Waals surface area (Å²) in [5.74, 6) is -0.385. The average molecular weight is 363 g/mol. The lowest BCUT2D eigenvalue weighted by Gasteiger charge is -2.22. The van der Waals surface area contributed by atoms with Crippen LogP contribution in [0.4, 0.5) is 0 Å². The predicted octanol–water partition coefficient (Wildman–Crippen LogP) is 3.28. The Bertz CT molecular complexity index is 574. The number of nitrogens with one attached hydrogen (secondary N) is 2. The smallest absolute Gasteiger partial charge is 0.251 e. The van der Waals surface area contributed by atoms with Crippen molar-refractivity contribution in [1.82, 2.24) is 10.6 Å². The van der Waals surface area contributed by atoms with Gasteiger partial charge < -0.3 is 15.4 Å². The first kappa shape index (κ1) is 22.2. The Hall–Kier alpha value is -1.88. The first-order valence-corrected chi connectivity index (χ1v) is 9.43. The highest BCUT2D eigenvalue weighted by atomic mass is 16.5. The Labute approximate surface area is 157 Å². The van der Waals surface area contributed by atoms with Gasteiger partial charge in [-0.05, 0) is 42.4 Å². The Kier molecular flexibility index (Phi) is 8.79. The van der Waals surface area contributed by atoms with Gasteiger partial charge >= 0.3 is 0 Å². The van der Waals surface area contributed by atoms with Gasteiger partial charge in [-0.2, -0.15) is 0 Å². The molecule has 0 saturated carbocycles. The molecular weight excluding hydrogens is 328 g/mol. The van der Waals surface area contributed by atoms with E-state index in [4.69, 9.17) is 4.74 Å². The molecule has 1 rings (SSSR count). The summed E-state index contributed by atoms with van der Waals surface area (Å²) < 4.78 is 5.26. The van der Waals surface area contributed by atoms with E-state index in [9.17, 15) is 9.59 Å². The minimum Gasteiger partial charge on any atom is -0.382 e. The molecule has 0 bridgehead atoms. The maximum absolute atomic E-state index is 12.5. The van der Waals surface area contributed by atoms with Crippen LogP contribution in [0.15, 0.2) is 24.3 Å². The third kappa shape index (κ3) is 7.16. The van der Waals surface area contributed by atoms with Crippen molar-refractivity contribution in [2.45, 2.75) is 59.4 Å². The fourth-order valence-corrected chi connectivity index (χ4v) is 2.52. The van der Waals surface area contributed by atoms with E-state index in [-0.39, 0.29) is 23.1 Å². The molecule has 26 heavy (non-hydrogen) atoms. The summed E-state index contributed by atoms with van der Waals surface area (Å²) in [7, 11) is 0. The second-order valence-electron chi connectivity index (χ2n) is 7.86. The van der Waals surface area contributed by atoms with E-state index in [1.54, 1.807) is 0 Å². The highest BCUT2D eigenvalue weighted by Gasteiger charge is 2.24. The molecular formula is C21H34N2O3. The monoisotopic (exact) mass is 362 g/mol. The van der Waals surface area contributed by atoms with E-state index in [0.717, 1.165) is 6.42 Å². The molecule has 2 N–H and O–H groups in total. The molecule has 5 heteroatoms. The lowest BCUT2D eigenvalue weighted by atomic mass is 9.86. The summed E-state index contributed by atoms with van der Waals surface area (Å²) in [5, 5.41) is 5.74. The van der Waals surface area contributed by atoms with Gasteiger partial charge in [0.25, 0.3) is 5.91 Å². The molecule has 1 atom stereocenters. The van der Waals surface area contributed by atoms with E-state index >= 15 is 0 Å². The van der Waals surface area contributed by atoms with Crippen molar-refractivity contribution in [2.24, 2.45) is 5.92 Å². The Morgan fingerprint density at radius 3 is 2.23 bits per heavy atom. The second-order valence-corrected chi connectivity index (χ2v) is 7.86. The van der Waals surface area contributed by atoms with Crippen LogP contribution < -0.4 is 10.6 Å². The summed E-state index contributed by atoms with van der Waals surface area (Å²) in [6, 6.07) is 7.00. The number of amides is 2. The van der Waals surface area contributed by atoms with Gasteiger partial charge in [0.05, 0.1) is 0 Å². The third-order valence-corrected chi connectivity index (χ3v) is 4.22. The molecule has 0 heterocycles. The number of rotatable bonds is 9. The van der Waals surface area contributed by atoms with Crippen LogP contribution in [0.5, 0.6) is 0 Å². The first-order valence-electron chi connectivity index (χ1n) is 9.43. The third-order valence-electron chi connectivity index (χ3n) is 4.22. The fraction of sp³-hybridized carbons (Fsp3) is 0.619. The van der Waals surface area contributed by atoms with Crippen molar-refractivity contribution >= 4 is 11.8 Å². The molecule has 0 fully saturated rings. The number of hydrogen-bond donors (Lipinski definition) is 2. The van der Waals surface area contributed by atoms with E-state index in [2.05, 4.69) is 31.4 Å². The molecule has 1 aromatic carbocycles. The van der Waals surface area contributed by atoms with Crippen LogP contribution in [0.1, 0.15) is 63.9 Å².